The molecule has 0 amide bonds. The molecule has 0 unspecified atom stereocenters. The highest BCUT2D eigenvalue weighted by Crippen LogP contribution is 2.31. The van der Waals surface area contributed by atoms with Gasteiger partial charge in [0.2, 0.25) is 5.70 Å². The highest BCUT2D eigenvalue weighted by Gasteiger charge is 2.16. The van der Waals surface area contributed by atoms with E-state index in [1.807, 2.05) is 0 Å². The summed E-state index contributed by atoms with van der Waals surface area (Å²) in [6, 6.07) is 4.13. The second kappa shape index (κ2) is 7.22. The number of nitrogens with zero attached hydrogens (tertiary/aromatic N) is 2. The van der Waals surface area contributed by atoms with Gasteiger partial charge in [-0.1, -0.05) is 13.0 Å². The van der Waals surface area contributed by atoms with Crippen LogP contribution in [0.2, 0.25) is 0 Å². The van der Waals surface area contributed by atoms with Gasteiger partial charge in [0, 0.05) is 6.42 Å². The van der Waals surface area contributed by atoms with Crippen molar-refractivity contribution in [3.63, 3.8) is 0 Å². The fourth-order valence-corrected chi connectivity index (χ4v) is 1.34. The van der Waals surface area contributed by atoms with Crippen molar-refractivity contribution < 1.29 is 23.8 Å². The third-order valence-corrected chi connectivity index (χ3v) is 2.41. The van der Waals surface area contributed by atoms with Gasteiger partial charge in [0.05, 0.1) is 14.2 Å². The van der Waals surface area contributed by atoms with Gasteiger partial charge in [-0.3, -0.25) is 0 Å². The molecule has 1 rings (SSSR count). The molecule has 1 aromatic rings. The molecule has 1 N–H and O–H groups in total. The van der Waals surface area contributed by atoms with E-state index in [9.17, 15) is 14.3 Å². The Morgan fingerprint density at radius 1 is 1.40 bits per heavy atom. The number of azo groups is 1. The van der Waals surface area contributed by atoms with Crippen LogP contribution in [-0.4, -0.2) is 25.3 Å². The van der Waals surface area contributed by atoms with Gasteiger partial charge < -0.3 is 14.6 Å². The molecule has 0 saturated carbocycles. The Bertz CT molecular complexity index is 555. The number of hydrogen-bond donors (Lipinski definition) is 1. The maximum Gasteiger partial charge on any atom is 0.362 e. The Hall–Kier alpha value is -2.44. The minimum absolute atomic E-state index is 0.161. The lowest BCUT2D eigenvalue weighted by molar-refractivity contribution is -0.136. The monoisotopic (exact) mass is 282 g/mol. The highest BCUT2D eigenvalue weighted by molar-refractivity contribution is 5.88. The van der Waals surface area contributed by atoms with Crippen LogP contribution >= 0.6 is 0 Å². The number of hydrogen-bond acceptors (Lipinski definition) is 6. The van der Waals surface area contributed by atoms with E-state index in [1.54, 1.807) is 6.92 Å². The predicted octanol–water partition coefficient (Wildman–Crippen LogP) is 3.27. The number of carbonyl (C=O) groups excluding carboxylic acids is 1. The van der Waals surface area contributed by atoms with Crippen LogP contribution in [0.3, 0.4) is 0 Å². The number of benzene rings is 1. The Kier molecular flexibility index (Phi) is 5.64. The number of aliphatic hydroxyl groups excluding tert-OH is 1. The van der Waals surface area contributed by atoms with E-state index in [4.69, 9.17) is 4.74 Å². The van der Waals surface area contributed by atoms with Crippen LogP contribution in [0.5, 0.6) is 5.75 Å². The van der Waals surface area contributed by atoms with Crippen molar-refractivity contribution in [1.29, 1.82) is 0 Å². The molecule has 1 aromatic carbocycles. The molecule has 7 heteroatoms. The standard InChI is InChI=1S/C13H15FN2O4/c1-4-9(17)12(13(18)20-3)16-15-11-8(14)6-5-7-10(11)19-2/h5-7,17H,4H2,1-3H3. The van der Waals surface area contributed by atoms with E-state index in [0.717, 1.165) is 7.11 Å². The Balaban J connectivity index is 3.22. The molecular formula is C13H15FN2O4. The first kappa shape index (κ1) is 15.6. The molecule has 6 nitrogen and oxygen atoms in total. The zero-order valence-corrected chi connectivity index (χ0v) is 11.4. The van der Waals surface area contributed by atoms with Crippen molar-refractivity contribution >= 4 is 11.7 Å². The molecule has 0 bridgehead atoms. The molecule has 0 radical (unpaired) electrons. The van der Waals surface area contributed by atoms with Crippen molar-refractivity contribution in [2.24, 2.45) is 10.2 Å². The van der Waals surface area contributed by atoms with E-state index in [0.29, 0.717) is 0 Å². The lowest BCUT2D eigenvalue weighted by Crippen LogP contribution is -2.05. The Morgan fingerprint density at radius 2 is 2.10 bits per heavy atom. The fourth-order valence-electron chi connectivity index (χ4n) is 1.34. The number of esters is 1. The molecule has 0 aliphatic heterocycles. The normalized spacial score (nSPS) is 12.2. The third kappa shape index (κ3) is 3.53. The SMILES string of the molecule is CCC(O)=C(N=Nc1c(F)cccc1OC)C(=O)OC. The summed E-state index contributed by atoms with van der Waals surface area (Å²) in [6.45, 7) is 1.62. The molecule has 0 saturated heterocycles. The van der Waals surface area contributed by atoms with Crippen LogP contribution in [-0.2, 0) is 9.53 Å². The highest BCUT2D eigenvalue weighted by atomic mass is 19.1. The van der Waals surface area contributed by atoms with Crippen molar-refractivity contribution in [1.82, 2.24) is 0 Å². The average Bonchev–Trinajstić information content (AvgIpc) is 2.47. The summed E-state index contributed by atoms with van der Waals surface area (Å²) in [5.74, 6) is -1.65. The minimum atomic E-state index is -0.858. The topological polar surface area (TPSA) is 80.5 Å². The zero-order chi connectivity index (χ0) is 15.1. The molecule has 0 heterocycles. The first-order valence-electron chi connectivity index (χ1n) is 5.79. The van der Waals surface area contributed by atoms with Crippen LogP contribution in [0.15, 0.2) is 39.9 Å². The lowest BCUT2D eigenvalue weighted by atomic mass is 10.3. The molecule has 0 aromatic heterocycles. The smallest absolute Gasteiger partial charge is 0.362 e. The molecule has 108 valence electrons. The molecule has 0 aliphatic rings. The summed E-state index contributed by atoms with van der Waals surface area (Å²) in [7, 11) is 2.50. The third-order valence-electron chi connectivity index (χ3n) is 2.41. The van der Waals surface area contributed by atoms with Crippen molar-refractivity contribution in [2.45, 2.75) is 13.3 Å². The number of aliphatic hydroxyl groups is 1. The van der Waals surface area contributed by atoms with Crippen molar-refractivity contribution in [2.75, 3.05) is 14.2 Å². The lowest BCUT2D eigenvalue weighted by Gasteiger charge is -2.05. The van der Waals surface area contributed by atoms with Crippen molar-refractivity contribution in [3.8, 4) is 5.75 Å². The molecule has 0 atom stereocenters. The first-order valence-corrected chi connectivity index (χ1v) is 5.79. The number of halogens is 1. The summed E-state index contributed by atoms with van der Waals surface area (Å²) in [6.07, 6.45) is 0.165. The van der Waals surface area contributed by atoms with Gasteiger partial charge in [0.15, 0.2) is 11.5 Å². The average molecular weight is 282 g/mol. The van der Waals surface area contributed by atoms with Crippen LogP contribution in [0, 0.1) is 5.82 Å². The van der Waals surface area contributed by atoms with Crippen LogP contribution in [0.25, 0.3) is 0 Å². The van der Waals surface area contributed by atoms with Crippen LogP contribution in [0.4, 0.5) is 10.1 Å². The van der Waals surface area contributed by atoms with E-state index >= 15 is 0 Å². The van der Waals surface area contributed by atoms with E-state index in [-0.39, 0.29) is 29.3 Å². The van der Waals surface area contributed by atoms with Gasteiger partial charge in [-0.05, 0) is 12.1 Å². The predicted molar refractivity (Wildman–Crippen MR) is 69.4 cm³/mol. The summed E-state index contributed by atoms with van der Waals surface area (Å²) >= 11 is 0. The van der Waals surface area contributed by atoms with Gasteiger partial charge in [0.25, 0.3) is 0 Å². The largest absolute Gasteiger partial charge is 0.510 e. The number of carbonyl (C=O) groups is 1. The van der Waals surface area contributed by atoms with E-state index in [2.05, 4.69) is 15.0 Å². The summed E-state index contributed by atoms with van der Waals surface area (Å²) in [5.41, 5.74) is -0.541. The zero-order valence-electron chi connectivity index (χ0n) is 11.4. The Labute approximate surface area is 115 Å². The quantitative estimate of drug-likeness (QED) is 0.389. The maximum absolute atomic E-state index is 13.6. The second-order valence-electron chi connectivity index (χ2n) is 3.63. The number of rotatable bonds is 5. The number of allylic oxidation sites excluding steroid dienone is 1. The minimum Gasteiger partial charge on any atom is -0.510 e. The van der Waals surface area contributed by atoms with Crippen LogP contribution in [0.1, 0.15) is 13.3 Å². The maximum atomic E-state index is 13.6. The molecule has 20 heavy (non-hydrogen) atoms. The van der Waals surface area contributed by atoms with Gasteiger partial charge in [-0.25, -0.2) is 9.18 Å². The summed E-state index contributed by atoms with van der Waals surface area (Å²) in [4.78, 5) is 11.5. The van der Waals surface area contributed by atoms with E-state index < -0.39 is 11.8 Å². The van der Waals surface area contributed by atoms with Gasteiger partial charge in [0.1, 0.15) is 11.5 Å². The molecule has 0 aliphatic carbocycles. The van der Waals surface area contributed by atoms with Gasteiger partial charge in [-0.15, -0.1) is 10.2 Å². The molecular weight excluding hydrogens is 267 g/mol. The van der Waals surface area contributed by atoms with Crippen molar-refractivity contribution in [3.05, 3.63) is 35.5 Å². The summed E-state index contributed by atoms with van der Waals surface area (Å²) in [5, 5.41) is 16.8. The fraction of sp³-hybridized carbons (Fsp3) is 0.308. The number of ether oxygens (including phenoxy) is 2. The second-order valence-corrected chi connectivity index (χ2v) is 3.63. The van der Waals surface area contributed by atoms with E-state index in [1.165, 1.54) is 25.3 Å². The molecule has 0 spiro atoms. The number of methoxy groups -OCH3 is 2. The van der Waals surface area contributed by atoms with Gasteiger partial charge in [-0.2, -0.15) is 0 Å². The van der Waals surface area contributed by atoms with Crippen LogP contribution < -0.4 is 4.74 Å². The summed E-state index contributed by atoms with van der Waals surface area (Å²) < 4.78 is 23.0. The molecule has 0 fully saturated rings. The Morgan fingerprint density at radius 3 is 2.65 bits per heavy atom. The first-order chi connectivity index (χ1) is 9.54. The van der Waals surface area contributed by atoms with Gasteiger partial charge >= 0.3 is 5.97 Å².